The van der Waals surface area contributed by atoms with Crippen LogP contribution in [0, 0.1) is 11.7 Å². The number of piperidine rings is 1. The van der Waals surface area contributed by atoms with Crippen LogP contribution in [0.25, 0.3) is 0 Å². The van der Waals surface area contributed by atoms with Crippen molar-refractivity contribution < 1.29 is 31.5 Å². The number of pyridine rings is 1. The maximum absolute atomic E-state index is 15.4. The first-order valence-corrected chi connectivity index (χ1v) is 11.4. The smallest absolute Gasteiger partial charge is 0.377 e. The number of nitrogens with zero attached hydrogens (tertiary/aromatic N) is 5. The maximum atomic E-state index is 15.4. The molecule has 0 spiro atoms. The molecular formula is C24H34F5N7O2. The molecule has 3 atom stereocenters. The minimum atomic E-state index is -4.52. The Labute approximate surface area is 218 Å². The highest BCUT2D eigenvalue weighted by Gasteiger charge is 2.34. The van der Waals surface area contributed by atoms with E-state index in [1.807, 2.05) is 0 Å². The summed E-state index contributed by atoms with van der Waals surface area (Å²) in [6.07, 6.45) is -3.41. The van der Waals surface area contributed by atoms with Crippen molar-refractivity contribution in [2.24, 2.45) is 11.7 Å². The SMILES string of the molecule is C.C.NC(=O)CN1CC[C@H](CNc2ncnc(N3CCOC[C@@H]3c3ccc(C(F)(F)F)cn3)c2F)[C@H](F)C1. The van der Waals surface area contributed by atoms with Crippen LogP contribution >= 0.6 is 0 Å². The second kappa shape index (κ2) is 13.1. The molecule has 9 nitrogen and oxygen atoms in total. The third-order valence-electron chi connectivity index (χ3n) is 6.30. The second-order valence-electron chi connectivity index (χ2n) is 8.76. The van der Waals surface area contributed by atoms with Gasteiger partial charge in [-0.1, -0.05) is 14.9 Å². The van der Waals surface area contributed by atoms with Gasteiger partial charge in [0.05, 0.1) is 37.1 Å². The van der Waals surface area contributed by atoms with Crippen molar-refractivity contribution in [2.45, 2.75) is 39.7 Å². The van der Waals surface area contributed by atoms with Gasteiger partial charge in [0.2, 0.25) is 11.7 Å². The fourth-order valence-corrected chi connectivity index (χ4v) is 4.39. The van der Waals surface area contributed by atoms with Crippen molar-refractivity contribution in [1.82, 2.24) is 19.9 Å². The molecule has 0 saturated carbocycles. The van der Waals surface area contributed by atoms with Crippen LogP contribution in [0.4, 0.5) is 33.6 Å². The van der Waals surface area contributed by atoms with Crippen LogP contribution in [0.2, 0.25) is 0 Å². The van der Waals surface area contributed by atoms with E-state index in [0.717, 1.165) is 18.6 Å². The quantitative estimate of drug-likeness (QED) is 0.508. The number of nitrogens with two attached hydrogens (primary N) is 1. The van der Waals surface area contributed by atoms with E-state index in [0.29, 0.717) is 13.0 Å². The molecule has 14 heteroatoms. The van der Waals surface area contributed by atoms with E-state index in [9.17, 15) is 22.4 Å². The topological polar surface area (TPSA) is 110 Å². The molecule has 2 aliphatic rings. The lowest BCUT2D eigenvalue weighted by molar-refractivity contribution is -0.137. The number of likely N-dealkylation sites (tertiary alicyclic amines) is 1. The first kappa shape index (κ1) is 31.1. The summed E-state index contributed by atoms with van der Waals surface area (Å²) in [4.78, 5) is 26.2. The Balaban J connectivity index is 0.00000253. The Morgan fingerprint density at radius 3 is 2.58 bits per heavy atom. The molecule has 212 valence electrons. The van der Waals surface area contributed by atoms with Gasteiger partial charge in [0.15, 0.2) is 11.6 Å². The molecule has 38 heavy (non-hydrogen) atoms. The van der Waals surface area contributed by atoms with Crippen molar-refractivity contribution in [3.05, 3.63) is 41.7 Å². The number of carbonyl (C=O) groups is 1. The zero-order chi connectivity index (χ0) is 25.9. The molecule has 2 aliphatic heterocycles. The monoisotopic (exact) mass is 547 g/mol. The summed E-state index contributed by atoms with van der Waals surface area (Å²) >= 11 is 0. The molecule has 0 bridgehead atoms. The van der Waals surface area contributed by atoms with E-state index >= 15 is 4.39 Å². The van der Waals surface area contributed by atoms with Crippen LogP contribution in [0.1, 0.15) is 38.6 Å². The van der Waals surface area contributed by atoms with Crippen molar-refractivity contribution in [1.29, 1.82) is 0 Å². The number of anilines is 2. The number of primary amides is 1. The highest BCUT2D eigenvalue weighted by Crippen LogP contribution is 2.33. The summed E-state index contributed by atoms with van der Waals surface area (Å²) in [7, 11) is 0. The summed E-state index contributed by atoms with van der Waals surface area (Å²) in [5, 5.41) is 2.85. The third kappa shape index (κ3) is 7.25. The molecule has 2 fully saturated rings. The number of carbonyl (C=O) groups excluding carboxylic acids is 1. The zero-order valence-electron chi connectivity index (χ0n) is 19.2. The number of hydrogen-bond donors (Lipinski definition) is 2. The molecule has 0 unspecified atom stereocenters. The number of rotatable bonds is 7. The molecule has 0 radical (unpaired) electrons. The highest BCUT2D eigenvalue weighted by molar-refractivity contribution is 5.75. The fraction of sp³-hybridized carbons (Fsp3) is 0.583. The lowest BCUT2D eigenvalue weighted by Crippen LogP contribution is -2.46. The van der Waals surface area contributed by atoms with Gasteiger partial charge in [0.25, 0.3) is 0 Å². The molecule has 2 aromatic heterocycles. The first-order chi connectivity index (χ1) is 17.1. The molecule has 1 amide bonds. The molecule has 4 rings (SSSR count). The Morgan fingerprint density at radius 2 is 1.95 bits per heavy atom. The number of aromatic nitrogens is 3. The third-order valence-corrected chi connectivity index (χ3v) is 6.30. The lowest BCUT2D eigenvalue weighted by Gasteiger charge is -2.36. The van der Waals surface area contributed by atoms with Crippen molar-refractivity contribution >= 4 is 17.5 Å². The van der Waals surface area contributed by atoms with Gasteiger partial charge in [-0.2, -0.15) is 17.6 Å². The van der Waals surface area contributed by atoms with E-state index in [1.165, 1.54) is 6.07 Å². The second-order valence-corrected chi connectivity index (χ2v) is 8.76. The van der Waals surface area contributed by atoms with Gasteiger partial charge in [0, 0.05) is 31.7 Å². The zero-order valence-corrected chi connectivity index (χ0v) is 19.2. The number of alkyl halides is 4. The number of amides is 1. The largest absolute Gasteiger partial charge is 0.417 e. The van der Waals surface area contributed by atoms with E-state index in [-0.39, 0.29) is 71.6 Å². The van der Waals surface area contributed by atoms with Gasteiger partial charge in [0.1, 0.15) is 12.5 Å². The van der Waals surface area contributed by atoms with E-state index in [2.05, 4.69) is 20.3 Å². The van der Waals surface area contributed by atoms with Crippen molar-refractivity contribution in [2.75, 3.05) is 56.2 Å². The summed E-state index contributed by atoms with van der Waals surface area (Å²) < 4.78 is 74.2. The minimum absolute atomic E-state index is 0. The minimum Gasteiger partial charge on any atom is -0.377 e. The van der Waals surface area contributed by atoms with E-state index < -0.39 is 41.6 Å². The van der Waals surface area contributed by atoms with E-state index in [1.54, 1.807) is 9.80 Å². The van der Waals surface area contributed by atoms with Crippen LogP contribution < -0.4 is 16.0 Å². The van der Waals surface area contributed by atoms with Gasteiger partial charge >= 0.3 is 6.18 Å². The number of nitrogens with one attached hydrogen (secondary N) is 1. The first-order valence-electron chi connectivity index (χ1n) is 11.4. The van der Waals surface area contributed by atoms with Crippen molar-refractivity contribution in [3.8, 4) is 0 Å². The number of hydrogen-bond acceptors (Lipinski definition) is 8. The predicted molar refractivity (Wildman–Crippen MR) is 133 cm³/mol. The van der Waals surface area contributed by atoms with Crippen LogP contribution in [-0.4, -0.2) is 77.9 Å². The number of halogens is 5. The molecule has 0 aromatic carbocycles. The van der Waals surface area contributed by atoms with Gasteiger partial charge in [-0.3, -0.25) is 14.7 Å². The highest BCUT2D eigenvalue weighted by atomic mass is 19.4. The van der Waals surface area contributed by atoms with Gasteiger partial charge in [-0.05, 0) is 25.1 Å². The number of morpholine rings is 1. The van der Waals surface area contributed by atoms with Crippen molar-refractivity contribution in [3.63, 3.8) is 0 Å². The van der Waals surface area contributed by atoms with Crippen LogP contribution in [0.15, 0.2) is 24.7 Å². The van der Waals surface area contributed by atoms with E-state index in [4.69, 9.17) is 10.5 Å². The summed E-state index contributed by atoms with van der Waals surface area (Å²) in [5.74, 6) is -1.88. The van der Waals surface area contributed by atoms with Gasteiger partial charge < -0.3 is 20.7 Å². The van der Waals surface area contributed by atoms with Crippen LogP contribution in [0.3, 0.4) is 0 Å². The maximum Gasteiger partial charge on any atom is 0.417 e. The van der Waals surface area contributed by atoms with Gasteiger partial charge in [-0.25, -0.2) is 14.4 Å². The Kier molecular flexibility index (Phi) is 10.7. The Morgan fingerprint density at radius 1 is 1.18 bits per heavy atom. The lowest BCUT2D eigenvalue weighted by atomic mass is 9.95. The average molecular weight is 548 g/mol. The summed E-state index contributed by atoms with van der Waals surface area (Å²) in [5.41, 5.74) is 4.56. The number of ether oxygens (including phenoxy) is 1. The molecule has 2 saturated heterocycles. The average Bonchev–Trinajstić information content (AvgIpc) is 2.83. The van der Waals surface area contributed by atoms with Gasteiger partial charge in [-0.15, -0.1) is 0 Å². The van der Waals surface area contributed by atoms with Crippen LogP contribution in [-0.2, 0) is 15.7 Å². The Hall–Kier alpha value is -3.13. The Bertz CT molecular complexity index is 1060. The summed E-state index contributed by atoms with van der Waals surface area (Å²) in [6.45, 7) is 1.22. The van der Waals surface area contributed by atoms with Crippen LogP contribution in [0.5, 0.6) is 0 Å². The molecule has 0 aliphatic carbocycles. The summed E-state index contributed by atoms with van der Waals surface area (Å²) in [6, 6.07) is 1.49. The fourth-order valence-electron chi connectivity index (χ4n) is 4.39. The molecule has 3 N–H and O–H groups in total. The normalized spacial score (nSPS) is 22.2. The molecule has 4 heterocycles. The molecule has 2 aromatic rings. The standard InChI is InChI=1S/C22H26F5N7O2.2CH4/c23-15-9-33(10-18(28)35)4-3-13(15)7-30-20-19(24)21(32-12-31-20)34-5-6-36-11-17(34)16-2-1-14(8-29-16)22(25,26)27;;/h1-2,8,12-13,15,17H,3-7,9-11H2,(H2,28,35)(H,30,31,32);2*1H4/t13-,15-,17-;;/m1../s1. The predicted octanol–water partition coefficient (Wildman–Crippen LogP) is 3.44. The molecular weight excluding hydrogens is 513 g/mol.